The number of benzene rings is 1. The minimum atomic E-state index is -4.56. The summed E-state index contributed by atoms with van der Waals surface area (Å²) in [6.45, 7) is 1.01. The normalized spacial score (nSPS) is 15.1. The lowest BCUT2D eigenvalue weighted by atomic mass is 9.96. The zero-order valence-electron chi connectivity index (χ0n) is 15.7. The second-order valence-corrected chi connectivity index (χ2v) is 6.22. The molecule has 0 unspecified atom stereocenters. The Kier molecular flexibility index (Phi) is 7.36. The molecular weight excluding hydrogens is 381 g/mol. The van der Waals surface area contributed by atoms with E-state index in [2.05, 4.69) is 10.1 Å². The van der Waals surface area contributed by atoms with Crippen LogP contribution in [0.4, 0.5) is 23.7 Å². The van der Waals surface area contributed by atoms with Crippen molar-refractivity contribution in [3.63, 3.8) is 0 Å². The number of hydrogen-bond donors (Lipinski definition) is 1. The van der Waals surface area contributed by atoms with Gasteiger partial charge >= 0.3 is 12.3 Å². The highest BCUT2D eigenvalue weighted by atomic mass is 19.4. The van der Waals surface area contributed by atoms with Crippen LogP contribution in [0.15, 0.2) is 18.2 Å². The average Bonchev–Trinajstić information content (AvgIpc) is 2.67. The van der Waals surface area contributed by atoms with Crippen molar-refractivity contribution in [2.45, 2.75) is 25.9 Å². The molecule has 1 fully saturated rings. The van der Waals surface area contributed by atoms with Crippen molar-refractivity contribution in [2.75, 3.05) is 38.7 Å². The fourth-order valence-corrected chi connectivity index (χ4v) is 2.82. The standard InChI is InChI=1S/C18H23F3N2O5/c1-3-27-14-5-4-13(10-15(14)26-2)22-16(24)12-6-8-23(9-7-12)17(25)28-11-18(19,20)21/h4-5,10,12H,3,6-9,11H2,1-2H3,(H,22,24). The second-order valence-electron chi connectivity index (χ2n) is 6.22. The summed E-state index contributed by atoms with van der Waals surface area (Å²) in [5.41, 5.74) is 0.539. The molecule has 0 radical (unpaired) electrons. The number of piperidine rings is 1. The number of methoxy groups -OCH3 is 1. The van der Waals surface area contributed by atoms with Crippen LogP contribution in [-0.4, -0.2) is 56.5 Å². The molecule has 10 heteroatoms. The summed E-state index contributed by atoms with van der Waals surface area (Å²) in [5.74, 6) is 0.467. The third-order valence-corrected chi connectivity index (χ3v) is 4.21. The highest BCUT2D eigenvalue weighted by Crippen LogP contribution is 2.31. The van der Waals surface area contributed by atoms with Crippen molar-refractivity contribution in [1.82, 2.24) is 4.90 Å². The van der Waals surface area contributed by atoms with E-state index in [4.69, 9.17) is 9.47 Å². The summed E-state index contributed by atoms with van der Waals surface area (Å²) >= 11 is 0. The number of nitrogens with one attached hydrogen (secondary N) is 1. The minimum absolute atomic E-state index is 0.154. The Labute approximate surface area is 160 Å². The Morgan fingerprint density at radius 1 is 1.21 bits per heavy atom. The van der Waals surface area contributed by atoms with Crippen LogP contribution in [0.2, 0.25) is 0 Å². The van der Waals surface area contributed by atoms with Crippen LogP contribution in [0, 0.1) is 5.92 Å². The molecule has 0 spiro atoms. The lowest BCUT2D eigenvalue weighted by molar-refractivity contribution is -0.162. The van der Waals surface area contributed by atoms with Crippen LogP contribution in [-0.2, 0) is 9.53 Å². The zero-order chi connectivity index (χ0) is 20.7. The van der Waals surface area contributed by atoms with Gasteiger partial charge in [-0.25, -0.2) is 4.79 Å². The molecular formula is C18H23F3N2O5. The Morgan fingerprint density at radius 3 is 2.46 bits per heavy atom. The van der Waals surface area contributed by atoms with Crippen LogP contribution >= 0.6 is 0 Å². The second kappa shape index (κ2) is 9.52. The first-order valence-electron chi connectivity index (χ1n) is 8.83. The molecule has 0 saturated carbocycles. The van der Waals surface area contributed by atoms with Crippen molar-refractivity contribution in [1.29, 1.82) is 0 Å². The number of hydrogen-bond acceptors (Lipinski definition) is 5. The van der Waals surface area contributed by atoms with Crippen LogP contribution in [0.5, 0.6) is 11.5 Å². The van der Waals surface area contributed by atoms with E-state index in [9.17, 15) is 22.8 Å². The van der Waals surface area contributed by atoms with E-state index in [1.165, 1.54) is 12.0 Å². The molecule has 28 heavy (non-hydrogen) atoms. The Hall–Kier alpha value is -2.65. The van der Waals surface area contributed by atoms with Gasteiger partial charge in [0.15, 0.2) is 18.1 Å². The summed E-state index contributed by atoms with van der Waals surface area (Å²) in [5, 5.41) is 2.79. The first-order valence-corrected chi connectivity index (χ1v) is 8.83. The Balaban J connectivity index is 1.86. The molecule has 1 aromatic carbocycles. The number of likely N-dealkylation sites (tertiary alicyclic amines) is 1. The molecule has 1 aliphatic heterocycles. The van der Waals surface area contributed by atoms with Crippen molar-refractivity contribution in [3.05, 3.63) is 18.2 Å². The summed E-state index contributed by atoms with van der Waals surface area (Å²) in [7, 11) is 1.50. The lowest BCUT2D eigenvalue weighted by Gasteiger charge is -2.30. The van der Waals surface area contributed by atoms with Crippen molar-refractivity contribution < 1.29 is 37.0 Å². The van der Waals surface area contributed by atoms with Crippen molar-refractivity contribution in [2.24, 2.45) is 5.92 Å². The highest BCUT2D eigenvalue weighted by Gasteiger charge is 2.33. The highest BCUT2D eigenvalue weighted by molar-refractivity contribution is 5.93. The molecule has 0 atom stereocenters. The van der Waals surface area contributed by atoms with Gasteiger partial charge in [0.2, 0.25) is 5.91 Å². The molecule has 7 nitrogen and oxygen atoms in total. The maximum Gasteiger partial charge on any atom is 0.422 e. The zero-order valence-corrected chi connectivity index (χ0v) is 15.7. The Bertz CT molecular complexity index is 688. The topological polar surface area (TPSA) is 77.1 Å². The van der Waals surface area contributed by atoms with E-state index in [0.717, 1.165) is 0 Å². The number of carbonyl (C=O) groups is 2. The van der Waals surface area contributed by atoms with Crippen molar-refractivity contribution in [3.8, 4) is 11.5 Å². The molecule has 0 aliphatic carbocycles. The van der Waals surface area contributed by atoms with E-state index >= 15 is 0 Å². The third kappa shape index (κ3) is 6.21. The first kappa shape index (κ1) is 21.6. The SMILES string of the molecule is CCOc1ccc(NC(=O)C2CCN(C(=O)OCC(F)(F)F)CC2)cc1OC. The van der Waals surface area contributed by atoms with E-state index in [1.54, 1.807) is 18.2 Å². The fraction of sp³-hybridized carbons (Fsp3) is 0.556. The van der Waals surface area contributed by atoms with Gasteiger partial charge in [-0.15, -0.1) is 0 Å². The van der Waals surface area contributed by atoms with Crippen LogP contribution in [0.1, 0.15) is 19.8 Å². The molecule has 1 N–H and O–H groups in total. The minimum Gasteiger partial charge on any atom is -0.493 e. The Morgan fingerprint density at radius 2 is 1.89 bits per heavy atom. The number of ether oxygens (including phenoxy) is 3. The van der Waals surface area contributed by atoms with Gasteiger partial charge in [-0.05, 0) is 31.9 Å². The van der Waals surface area contributed by atoms with E-state index in [0.29, 0.717) is 36.6 Å². The number of alkyl halides is 3. The number of nitrogens with zero attached hydrogens (tertiary/aromatic N) is 1. The van der Waals surface area contributed by atoms with E-state index in [1.807, 2.05) is 6.92 Å². The van der Waals surface area contributed by atoms with Crippen LogP contribution in [0.25, 0.3) is 0 Å². The predicted molar refractivity (Wildman–Crippen MR) is 94.5 cm³/mol. The van der Waals surface area contributed by atoms with Gasteiger partial charge in [-0.3, -0.25) is 4.79 Å². The summed E-state index contributed by atoms with van der Waals surface area (Å²) in [4.78, 5) is 25.3. The number of carbonyl (C=O) groups excluding carboxylic acids is 2. The van der Waals surface area contributed by atoms with Crippen molar-refractivity contribution >= 4 is 17.7 Å². The molecule has 1 aliphatic rings. The summed E-state index contributed by atoms with van der Waals surface area (Å²) < 4.78 is 51.2. The molecule has 0 aromatic heterocycles. The maximum absolute atomic E-state index is 12.4. The predicted octanol–water partition coefficient (Wildman–Crippen LogP) is 3.44. The molecule has 1 aromatic rings. The largest absolute Gasteiger partial charge is 0.493 e. The lowest BCUT2D eigenvalue weighted by Crippen LogP contribution is -2.42. The molecule has 156 valence electrons. The smallest absolute Gasteiger partial charge is 0.422 e. The van der Waals surface area contributed by atoms with Gasteiger partial charge in [0, 0.05) is 30.8 Å². The number of anilines is 1. The fourth-order valence-electron chi connectivity index (χ4n) is 2.82. The molecule has 0 bridgehead atoms. The number of halogens is 3. The number of rotatable bonds is 6. The van der Waals surface area contributed by atoms with Crippen LogP contribution in [0.3, 0.4) is 0 Å². The van der Waals surface area contributed by atoms with Gasteiger partial charge in [-0.2, -0.15) is 13.2 Å². The maximum atomic E-state index is 12.4. The van der Waals surface area contributed by atoms with Gasteiger partial charge in [-0.1, -0.05) is 0 Å². The molecule has 1 heterocycles. The average molecular weight is 404 g/mol. The third-order valence-electron chi connectivity index (χ3n) is 4.21. The van der Waals surface area contributed by atoms with Gasteiger partial charge < -0.3 is 24.4 Å². The molecule has 2 rings (SSSR count). The first-order chi connectivity index (χ1) is 13.2. The molecule has 2 amide bonds. The van der Waals surface area contributed by atoms with Crippen LogP contribution < -0.4 is 14.8 Å². The number of amides is 2. The van der Waals surface area contributed by atoms with E-state index < -0.39 is 18.9 Å². The van der Waals surface area contributed by atoms with Gasteiger partial charge in [0.05, 0.1) is 13.7 Å². The van der Waals surface area contributed by atoms with E-state index in [-0.39, 0.29) is 24.9 Å². The monoisotopic (exact) mass is 404 g/mol. The quantitative estimate of drug-likeness (QED) is 0.786. The summed E-state index contributed by atoms with van der Waals surface area (Å²) in [6.07, 6.45) is -4.91. The van der Waals surface area contributed by atoms with Gasteiger partial charge in [0.1, 0.15) is 0 Å². The summed E-state index contributed by atoms with van der Waals surface area (Å²) in [6, 6.07) is 5.03. The molecule has 1 saturated heterocycles. The van der Waals surface area contributed by atoms with Gasteiger partial charge in [0.25, 0.3) is 0 Å².